The fraction of sp³-hybridized carbons (Fsp3) is 0.310. The summed E-state index contributed by atoms with van der Waals surface area (Å²) in [6.45, 7) is 7.95. The van der Waals surface area contributed by atoms with Gasteiger partial charge in [-0.1, -0.05) is 19.1 Å². The molecule has 1 fully saturated rings. The van der Waals surface area contributed by atoms with Crippen LogP contribution in [0, 0.1) is 6.92 Å². The number of amides is 2. The molecular formula is C29H31F3N6O2. The van der Waals surface area contributed by atoms with E-state index in [0.29, 0.717) is 30.0 Å². The molecule has 1 aliphatic rings. The van der Waals surface area contributed by atoms with Crippen molar-refractivity contribution in [2.24, 2.45) is 0 Å². The van der Waals surface area contributed by atoms with Crippen molar-refractivity contribution < 1.29 is 22.8 Å². The Kier molecular flexibility index (Phi) is 9.28. The van der Waals surface area contributed by atoms with E-state index in [1.54, 1.807) is 43.6 Å². The molecule has 1 saturated heterocycles. The maximum Gasteiger partial charge on any atom is 0.416 e. The number of carbonyl (C=O) groups is 2. The molecule has 1 aromatic heterocycles. The lowest BCUT2D eigenvalue weighted by Gasteiger charge is -2.34. The number of hydrogen-bond donors (Lipinski definition) is 2. The first-order chi connectivity index (χ1) is 19.1. The van der Waals surface area contributed by atoms with Gasteiger partial charge in [0.1, 0.15) is 6.33 Å². The van der Waals surface area contributed by atoms with E-state index < -0.39 is 23.6 Å². The normalized spacial score (nSPS) is 14.8. The maximum atomic E-state index is 14.0. The summed E-state index contributed by atoms with van der Waals surface area (Å²) in [5.41, 5.74) is 1.40. The summed E-state index contributed by atoms with van der Waals surface area (Å²) in [6.07, 6.45) is 2.79. The number of aromatic nitrogens is 2. The summed E-state index contributed by atoms with van der Waals surface area (Å²) in [7, 11) is 0. The number of anilines is 2. The van der Waals surface area contributed by atoms with Crippen LogP contribution in [0.2, 0.25) is 0 Å². The molecular weight excluding hydrogens is 521 g/mol. The molecule has 2 N–H and O–H groups in total. The molecule has 1 aliphatic heterocycles. The highest BCUT2D eigenvalue weighted by Gasteiger charge is 2.34. The molecule has 0 bridgehead atoms. The number of nitrogens with zero attached hydrogens (tertiary/aromatic N) is 4. The van der Waals surface area contributed by atoms with Crippen LogP contribution in [-0.2, 0) is 17.5 Å². The average molecular weight is 553 g/mol. The van der Waals surface area contributed by atoms with Gasteiger partial charge in [0.05, 0.1) is 5.56 Å². The largest absolute Gasteiger partial charge is 0.416 e. The number of rotatable bonds is 8. The predicted molar refractivity (Wildman–Crippen MR) is 148 cm³/mol. The lowest BCUT2D eigenvalue weighted by Crippen LogP contribution is -2.45. The Labute approximate surface area is 230 Å². The molecule has 11 heteroatoms. The second-order valence-corrected chi connectivity index (χ2v) is 9.56. The molecule has 2 amide bonds. The first-order valence-electron chi connectivity index (χ1n) is 12.9. The van der Waals surface area contributed by atoms with E-state index in [1.165, 1.54) is 24.5 Å². The molecule has 210 valence electrons. The number of aryl methyl sites for hydroxylation is 1. The zero-order valence-corrected chi connectivity index (χ0v) is 22.3. The molecule has 2 aromatic carbocycles. The topological polar surface area (TPSA) is 90.5 Å². The van der Waals surface area contributed by atoms with E-state index in [1.807, 2.05) is 4.90 Å². The fourth-order valence-electron chi connectivity index (χ4n) is 4.40. The van der Waals surface area contributed by atoms with Gasteiger partial charge in [0, 0.05) is 73.7 Å². The van der Waals surface area contributed by atoms with Crippen LogP contribution in [0.3, 0.4) is 0 Å². The van der Waals surface area contributed by atoms with Crippen LogP contribution in [0.1, 0.15) is 39.5 Å². The minimum absolute atomic E-state index is 0.106. The average Bonchev–Trinajstić information content (AvgIpc) is 2.94. The van der Waals surface area contributed by atoms with Gasteiger partial charge >= 0.3 is 6.18 Å². The number of carbonyl (C=O) groups excluding carboxylic acids is 2. The van der Waals surface area contributed by atoms with E-state index in [2.05, 4.69) is 32.4 Å². The van der Waals surface area contributed by atoms with Gasteiger partial charge in [-0.15, -0.1) is 0 Å². The summed E-state index contributed by atoms with van der Waals surface area (Å²) in [5.74, 6) is -1.09. The summed E-state index contributed by atoms with van der Waals surface area (Å²) in [6, 6.07) is 8.57. The molecule has 3 aromatic rings. The number of likely N-dealkylation sites (N-methyl/N-ethyl adjacent to an activating group) is 1. The van der Waals surface area contributed by atoms with Gasteiger partial charge in [-0.05, 0) is 54.9 Å². The van der Waals surface area contributed by atoms with Crippen LogP contribution in [-0.4, -0.2) is 64.3 Å². The predicted octanol–water partition coefficient (Wildman–Crippen LogP) is 4.85. The zero-order valence-electron chi connectivity index (χ0n) is 22.3. The molecule has 0 saturated carbocycles. The SMILES string of the molecule is CCN1CCN(Cc2ccc(C(=O)Nc3ccc(C)c(NC(=O)/C=C/c4cncnc4)c3)cc2C(F)(F)F)CC1. The Hall–Kier alpha value is -4.09. The standard InChI is InChI=1S/C29H31F3N6O2/c1-3-37-10-12-38(13-11-37)18-23-7-6-22(14-25(23)29(30,31)32)28(40)35-24-8-4-20(2)26(15-24)36-27(39)9-5-21-16-33-19-34-17-21/h4-9,14-17,19H,3,10-13,18H2,1-2H3,(H,35,40)(H,36,39)/b9-5+. The maximum absolute atomic E-state index is 14.0. The Balaban J connectivity index is 1.45. The second-order valence-electron chi connectivity index (χ2n) is 9.56. The number of halogens is 3. The van der Waals surface area contributed by atoms with Crippen LogP contribution in [0.15, 0.2) is 61.2 Å². The fourth-order valence-corrected chi connectivity index (χ4v) is 4.40. The Morgan fingerprint density at radius 3 is 2.35 bits per heavy atom. The molecule has 8 nitrogen and oxygen atoms in total. The highest BCUT2D eigenvalue weighted by Crippen LogP contribution is 2.34. The van der Waals surface area contributed by atoms with Crippen molar-refractivity contribution in [3.05, 3.63) is 89.0 Å². The minimum Gasteiger partial charge on any atom is -0.322 e. The second kappa shape index (κ2) is 12.8. The Bertz CT molecular complexity index is 1370. The van der Waals surface area contributed by atoms with Crippen molar-refractivity contribution in [3.8, 4) is 0 Å². The molecule has 2 heterocycles. The highest BCUT2D eigenvalue weighted by atomic mass is 19.4. The summed E-state index contributed by atoms with van der Waals surface area (Å²) in [4.78, 5) is 37.3. The van der Waals surface area contributed by atoms with Gasteiger partial charge < -0.3 is 15.5 Å². The smallest absolute Gasteiger partial charge is 0.322 e. The van der Waals surface area contributed by atoms with Crippen LogP contribution in [0.5, 0.6) is 0 Å². The lowest BCUT2D eigenvalue weighted by atomic mass is 10.0. The van der Waals surface area contributed by atoms with Crippen molar-refractivity contribution in [2.75, 3.05) is 43.4 Å². The van der Waals surface area contributed by atoms with Gasteiger partial charge in [-0.2, -0.15) is 13.2 Å². The van der Waals surface area contributed by atoms with Crippen molar-refractivity contribution in [1.82, 2.24) is 19.8 Å². The van der Waals surface area contributed by atoms with Crippen molar-refractivity contribution in [2.45, 2.75) is 26.6 Å². The van der Waals surface area contributed by atoms with Crippen molar-refractivity contribution >= 4 is 29.3 Å². The Morgan fingerprint density at radius 1 is 0.975 bits per heavy atom. The first kappa shape index (κ1) is 28.9. The molecule has 4 rings (SSSR count). The van der Waals surface area contributed by atoms with Gasteiger partial charge in [-0.3, -0.25) is 14.5 Å². The van der Waals surface area contributed by atoms with Crippen LogP contribution in [0.4, 0.5) is 24.5 Å². The van der Waals surface area contributed by atoms with E-state index in [-0.39, 0.29) is 17.7 Å². The quantitative estimate of drug-likeness (QED) is 0.389. The lowest BCUT2D eigenvalue weighted by molar-refractivity contribution is -0.138. The van der Waals surface area contributed by atoms with E-state index >= 15 is 0 Å². The molecule has 0 aliphatic carbocycles. The van der Waals surface area contributed by atoms with Gasteiger partial charge in [0.15, 0.2) is 0 Å². The molecule has 0 spiro atoms. The number of benzene rings is 2. The van der Waals surface area contributed by atoms with Crippen LogP contribution < -0.4 is 10.6 Å². The number of alkyl halides is 3. The third-order valence-electron chi connectivity index (χ3n) is 6.74. The number of piperazine rings is 1. The highest BCUT2D eigenvalue weighted by molar-refractivity contribution is 6.06. The van der Waals surface area contributed by atoms with Gasteiger partial charge in [0.2, 0.25) is 5.91 Å². The van der Waals surface area contributed by atoms with Crippen LogP contribution >= 0.6 is 0 Å². The molecule has 0 radical (unpaired) electrons. The monoisotopic (exact) mass is 552 g/mol. The zero-order chi connectivity index (χ0) is 28.7. The van der Waals surface area contributed by atoms with E-state index in [0.717, 1.165) is 31.3 Å². The van der Waals surface area contributed by atoms with Crippen molar-refractivity contribution in [3.63, 3.8) is 0 Å². The number of hydrogen-bond acceptors (Lipinski definition) is 6. The Morgan fingerprint density at radius 2 is 1.68 bits per heavy atom. The summed E-state index contributed by atoms with van der Waals surface area (Å²) in [5, 5.41) is 5.38. The van der Waals surface area contributed by atoms with E-state index in [9.17, 15) is 22.8 Å². The number of nitrogens with one attached hydrogen (secondary N) is 2. The van der Waals surface area contributed by atoms with Crippen molar-refractivity contribution in [1.29, 1.82) is 0 Å². The molecule has 0 atom stereocenters. The molecule has 0 unspecified atom stereocenters. The van der Waals surface area contributed by atoms with Crippen LogP contribution in [0.25, 0.3) is 6.08 Å². The summed E-state index contributed by atoms with van der Waals surface area (Å²) < 4.78 is 41.9. The molecule has 40 heavy (non-hydrogen) atoms. The van der Waals surface area contributed by atoms with Gasteiger partial charge in [-0.25, -0.2) is 9.97 Å². The first-order valence-corrected chi connectivity index (χ1v) is 12.9. The summed E-state index contributed by atoms with van der Waals surface area (Å²) >= 11 is 0. The van der Waals surface area contributed by atoms with E-state index in [4.69, 9.17) is 0 Å². The third-order valence-corrected chi connectivity index (χ3v) is 6.74. The minimum atomic E-state index is -4.60. The van der Waals surface area contributed by atoms with Gasteiger partial charge in [0.25, 0.3) is 5.91 Å². The third kappa shape index (κ3) is 7.73.